The number of carbonyl (C=O) groups is 2. The minimum atomic E-state index is -1.12. The summed E-state index contributed by atoms with van der Waals surface area (Å²) in [6.45, 7) is 9.54. The lowest BCUT2D eigenvalue weighted by Crippen LogP contribution is -2.51. The monoisotopic (exact) mass is 412 g/mol. The van der Waals surface area contributed by atoms with E-state index in [1.165, 1.54) is 4.57 Å². The molecule has 1 aromatic heterocycles. The fraction of sp³-hybridized carbons (Fsp3) is 0.478. The van der Waals surface area contributed by atoms with Gasteiger partial charge in [0.05, 0.1) is 24.0 Å². The zero-order chi connectivity index (χ0) is 22.0. The summed E-state index contributed by atoms with van der Waals surface area (Å²) >= 11 is 0. The first-order valence-corrected chi connectivity index (χ1v) is 10.1. The Bertz CT molecular complexity index is 1090. The molecule has 7 heteroatoms. The Labute approximate surface area is 175 Å². The van der Waals surface area contributed by atoms with Gasteiger partial charge in [0.25, 0.3) is 5.91 Å². The molecule has 1 N–H and O–H groups in total. The molecule has 0 radical (unpaired) electrons. The second-order valence-corrected chi connectivity index (χ2v) is 9.52. The van der Waals surface area contributed by atoms with Crippen molar-refractivity contribution in [3.8, 4) is 5.75 Å². The smallest absolute Gasteiger partial charge is 0.419 e. The highest BCUT2D eigenvalue weighted by Crippen LogP contribution is 2.43. The molecule has 0 saturated heterocycles. The molecule has 1 aromatic carbocycles. The summed E-state index contributed by atoms with van der Waals surface area (Å²) in [5, 5.41) is 11.4. The minimum Gasteiger partial charge on any atom is -0.497 e. The van der Waals surface area contributed by atoms with Crippen molar-refractivity contribution in [1.82, 2.24) is 9.47 Å². The Kier molecular flexibility index (Phi) is 4.51. The maximum absolute atomic E-state index is 13.3. The van der Waals surface area contributed by atoms with Crippen LogP contribution in [0.4, 0.5) is 4.79 Å². The number of aromatic nitrogens is 1. The van der Waals surface area contributed by atoms with E-state index < -0.39 is 23.2 Å². The minimum absolute atomic E-state index is 0.346. The Morgan fingerprint density at radius 1 is 1.27 bits per heavy atom. The molecule has 2 aliphatic heterocycles. The van der Waals surface area contributed by atoms with Crippen molar-refractivity contribution < 1.29 is 24.2 Å². The van der Waals surface area contributed by atoms with Gasteiger partial charge in [-0.05, 0) is 51.0 Å². The number of methoxy groups -OCH3 is 1. The predicted octanol–water partition coefficient (Wildman–Crippen LogP) is 3.56. The third-order valence-electron chi connectivity index (χ3n) is 5.69. The van der Waals surface area contributed by atoms with Gasteiger partial charge in [-0.1, -0.05) is 13.8 Å². The Hall–Kier alpha value is -2.80. The molecule has 160 valence electrons. The van der Waals surface area contributed by atoms with E-state index in [0.29, 0.717) is 35.6 Å². The van der Waals surface area contributed by atoms with Crippen LogP contribution in [0.25, 0.3) is 16.6 Å². The maximum Gasteiger partial charge on any atom is 0.419 e. The Morgan fingerprint density at radius 2 is 1.97 bits per heavy atom. The van der Waals surface area contributed by atoms with E-state index in [9.17, 15) is 14.7 Å². The SMILES string of the molecule is COc1ccc2c3c(n(C(=O)OC(C)(C)C)c2c1)C1=CC(C)(C)C(O)C(=O)N1CC3. The molecule has 0 bridgehead atoms. The molecule has 0 aliphatic carbocycles. The van der Waals surface area contributed by atoms with E-state index in [1.54, 1.807) is 12.0 Å². The molecule has 1 atom stereocenters. The number of aliphatic hydroxyl groups excluding tert-OH is 1. The summed E-state index contributed by atoms with van der Waals surface area (Å²) in [6.07, 6.45) is 0.821. The first kappa shape index (κ1) is 20.5. The Balaban J connectivity index is 2.03. The standard InChI is InChI=1S/C23H28N2O5/c1-22(2,3)30-21(28)25-16-11-13(29-6)7-8-14(16)15-9-10-24-17(18(15)25)12-23(4,5)19(26)20(24)27/h7-8,11-12,19,26H,9-10H2,1-6H3. The van der Waals surface area contributed by atoms with Crippen molar-refractivity contribution in [2.75, 3.05) is 13.7 Å². The number of hydrogen-bond donors (Lipinski definition) is 1. The summed E-state index contributed by atoms with van der Waals surface area (Å²) in [6, 6.07) is 5.62. The maximum atomic E-state index is 13.3. The van der Waals surface area contributed by atoms with Crippen molar-refractivity contribution in [3.63, 3.8) is 0 Å². The van der Waals surface area contributed by atoms with Crippen molar-refractivity contribution in [2.24, 2.45) is 5.41 Å². The highest BCUT2D eigenvalue weighted by atomic mass is 16.6. The van der Waals surface area contributed by atoms with Crippen LogP contribution in [0.15, 0.2) is 24.3 Å². The van der Waals surface area contributed by atoms with Crippen LogP contribution in [-0.4, -0.2) is 51.9 Å². The molecule has 2 aromatic rings. The van der Waals surface area contributed by atoms with Gasteiger partial charge in [0.15, 0.2) is 0 Å². The molecular weight excluding hydrogens is 384 g/mol. The summed E-state index contributed by atoms with van der Waals surface area (Å²) < 4.78 is 12.6. The van der Waals surface area contributed by atoms with Gasteiger partial charge in [-0.3, -0.25) is 4.79 Å². The summed E-state index contributed by atoms with van der Waals surface area (Å²) in [5.41, 5.74) is 1.50. The fourth-order valence-corrected chi connectivity index (χ4v) is 4.23. The van der Waals surface area contributed by atoms with E-state index in [-0.39, 0.29) is 5.91 Å². The van der Waals surface area contributed by atoms with E-state index in [1.807, 2.05) is 58.9 Å². The summed E-state index contributed by atoms with van der Waals surface area (Å²) in [7, 11) is 1.58. The van der Waals surface area contributed by atoms with E-state index in [4.69, 9.17) is 9.47 Å². The van der Waals surface area contributed by atoms with Gasteiger partial charge in [-0.25, -0.2) is 9.36 Å². The van der Waals surface area contributed by atoms with Gasteiger partial charge in [0.2, 0.25) is 0 Å². The zero-order valence-electron chi connectivity index (χ0n) is 18.3. The first-order chi connectivity index (χ1) is 13.9. The normalized spacial score (nSPS) is 20.5. The quantitative estimate of drug-likeness (QED) is 0.775. The molecule has 0 fully saturated rings. The first-order valence-electron chi connectivity index (χ1n) is 10.1. The number of ether oxygens (including phenoxy) is 2. The lowest BCUT2D eigenvalue weighted by Gasteiger charge is -2.41. The van der Waals surface area contributed by atoms with Crippen molar-refractivity contribution in [2.45, 2.75) is 52.7 Å². The van der Waals surface area contributed by atoms with Crippen molar-refractivity contribution in [3.05, 3.63) is 35.5 Å². The van der Waals surface area contributed by atoms with Crippen LogP contribution < -0.4 is 4.74 Å². The molecule has 30 heavy (non-hydrogen) atoms. The second-order valence-electron chi connectivity index (χ2n) is 9.52. The van der Waals surface area contributed by atoms with Crippen LogP contribution in [0.2, 0.25) is 0 Å². The van der Waals surface area contributed by atoms with Gasteiger partial charge in [-0.15, -0.1) is 0 Å². The number of nitrogens with zero attached hydrogens (tertiary/aromatic N) is 2. The summed E-state index contributed by atoms with van der Waals surface area (Å²) in [4.78, 5) is 27.8. The van der Waals surface area contributed by atoms with Crippen LogP contribution in [0.3, 0.4) is 0 Å². The van der Waals surface area contributed by atoms with Gasteiger partial charge in [0.1, 0.15) is 17.5 Å². The highest BCUT2D eigenvalue weighted by Gasteiger charge is 2.45. The van der Waals surface area contributed by atoms with Crippen molar-refractivity contribution >= 4 is 28.6 Å². The number of fused-ring (bicyclic) bond motifs is 5. The van der Waals surface area contributed by atoms with Gasteiger partial charge >= 0.3 is 6.09 Å². The van der Waals surface area contributed by atoms with Gasteiger partial charge in [-0.2, -0.15) is 0 Å². The average Bonchev–Trinajstić information content (AvgIpc) is 2.98. The van der Waals surface area contributed by atoms with Crippen LogP contribution in [0.1, 0.15) is 45.9 Å². The van der Waals surface area contributed by atoms with E-state index in [0.717, 1.165) is 10.9 Å². The topological polar surface area (TPSA) is 81.0 Å². The molecule has 3 heterocycles. The third-order valence-corrected chi connectivity index (χ3v) is 5.69. The fourth-order valence-electron chi connectivity index (χ4n) is 4.23. The van der Waals surface area contributed by atoms with Crippen molar-refractivity contribution in [1.29, 1.82) is 0 Å². The molecule has 1 amide bonds. The number of amides is 1. The molecule has 0 spiro atoms. The molecule has 7 nitrogen and oxygen atoms in total. The molecule has 1 unspecified atom stereocenters. The van der Waals surface area contributed by atoms with Gasteiger partial charge < -0.3 is 19.5 Å². The van der Waals surface area contributed by atoms with E-state index >= 15 is 0 Å². The molecule has 0 saturated carbocycles. The van der Waals surface area contributed by atoms with Gasteiger partial charge in [0, 0.05) is 23.4 Å². The predicted molar refractivity (Wildman–Crippen MR) is 113 cm³/mol. The number of carbonyl (C=O) groups excluding carboxylic acids is 2. The molecular formula is C23H28N2O5. The van der Waals surface area contributed by atoms with Crippen LogP contribution in [0.5, 0.6) is 5.75 Å². The number of benzene rings is 1. The largest absolute Gasteiger partial charge is 0.497 e. The molecule has 4 rings (SSSR count). The molecule has 2 aliphatic rings. The zero-order valence-corrected chi connectivity index (χ0v) is 18.3. The number of hydrogen-bond acceptors (Lipinski definition) is 5. The van der Waals surface area contributed by atoms with Crippen LogP contribution >= 0.6 is 0 Å². The summed E-state index contributed by atoms with van der Waals surface area (Å²) in [5.74, 6) is 0.283. The third kappa shape index (κ3) is 3.08. The highest BCUT2D eigenvalue weighted by molar-refractivity contribution is 6.02. The number of aliphatic hydroxyl groups is 1. The van der Waals surface area contributed by atoms with Crippen LogP contribution in [-0.2, 0) is 16.0 Å². The van der Waals surface area contributed by atoms with E-state index in [2.05, 4.69) is 0 Å². The van der Waals surface area contributed by atoms with Crippen LogP contribution in [0, 0.1) is 5.41 Å². The number of rotatable bonds is 1. The lowest BCUT2D eigenvalue weighted by atomic mass is 9.80. The Morgan fingerprint density at radius 3 is 2.60 bits per heavy atom. The second kappa shape index (κ2) is 6.60. The average molecular weight is 412 g/mol. The lowest BCUT2D eigenvalue weighted by molar-refractivity contribution is -0.142.